The van der Waals surface area contributed by atoms with E-state index in [0.717, 1.165) is 35.6 Å². The first-order chi connectivity index (χ1) is 11.2. The fraction of sp³-hybridized carbons (Fsp3) is 0.353. The first-order valence-electron chi connectivity index (χ1n) is 7.76. The van der Waals surface area contributed by atoms with E-state index in [1.807, 2.05) is 24.3 Å². The van der Waals surface area contributed by atoms with Gasteiger partial charge in [0.15, 0.2) is 0 Å². The van der Waals surface area contributed by atoms with Gasteiger partial charge in [0.2, 0.25) is 11.0 Å². The van der Waals surface area contributed by atoms with Gasteiger partial charge in [-0.15, -0.1) is 10.2 Å². The Morgan fingerprint density at radius 2 is 2.09 bits per heavy atom. The van der Waals surface area contributed by atoms with Crippen molar-refractivity contribution in [1.29, 1.82) is 0 Å². The minimum Gasteiger partial charge on any atom is -0.493 e. The molecule has 0 aliphatic carbocycles. The van der Waals surface area contributed by atoms with Crippen LogP contribution in [0.5, 0.6) is 5.75 Å². The third-order valence-corrected chi connectivity index (χ3v) is 3.85. The fourth-order valence-corrected chi connectivity index (χ4v) is 2.74. The molecule has 1 amide bonds. The highest BCUT2D eigenvalue weighted by Crippen LogP contribution is 2.20. The molecule has 0 saturated carbocycles. The summed E-state index contributed by atoms with van der Waals surface area (Å²) >= 11 is 1.41. The van der Waals surface area contributed by atoms with Crippen molar-refractivity contribution in [2.24, 2.45) is 0 Å². The second kappa shape index (κ2) is 9.05. The van der Waals surface area contributed by atoms with Gasteiger partial charge in [0.25, 0.3) is 0 Å². The third-order valence-electron chi connectivity index (χ3n) is 2.96. The molecule has 6 heteroatoms. The SMILES string of the molecule is CCCOc1ccccc1/C=C/C(=O)Nc1nnc(CCC)s1. The highest BCUT2D eigenvalue weighted by molar-refractivity contribution is 7.15. The van der Waals surface area contributed by atoms with E-state index in [-0.39, 0.29) is 5.91 Å². The second-order valence-corrected chi connectivity index (χ2v) is 6.02. The lowest BCUT2D eigenvalue weighted by Crippen LogP contribution is -2.07. The first kappa shape index (κ1) is 17.1. The lowest BCUT2D eigenvalue weighted by atomic mass is 10.2. The van der Waals surface area contributed by atoms with E-state index in [9.17, 15) is 4.79 Å². The van der Waals surface area contributed by atoms with Crippen LogP contribution in [0, 0.1) is 0 Å². The van der Waals surface area contributed by atoms with Gasteiger partial charge in [0.05, 0.1) is 6.61 Å². The summed E-state index contributed by atoms with van der Waals surface area (Å²) in [6, 6.07) is 7.64. The number of hydrogen-bond acceptors (Lipinski definition) is 5. The van der Waals surface area contributed by atoms with Crippen LogP contribution < -0.4 is 10.1 Å². The van der Waals surface area contributed by atoms with Crippen LogP contribution in [0.2, 0.25) is 0 Å². The first-order valence-corrected chi connectivity index (χ1v) is 8.57. The number of nitrogens with one attached hydrogen (secondary N) is 1. The van der Waals surface area contributed by atoms with E-state index in [1.165, 1.54) is 17.4 Å². The van der Waals surface area contributed by atoms with Gasteiger partial charge in [-0.3, -0.25) is 10.1 Å². The molecule has 0 radical (unpaired) electrons. The number of amides is 1. The highest BCUT2D eigenvalue weighted by Gasteiger charge is 2.06. The smallest absolute Gasteiger partial charge is 0.250 e. The molecule has 0 bridgehead atoms. The molecular weight excluding hydrogens is 310 g/mol. The molecule has 0 unspecified atom stereocenters. The number of aromatic nitrogens is 2. The molecule has 0 saturated heterocycles. The lowest BCUT2D eigenvalue weighted by molar-refractivity contribution is -0.111. The minimum absolute atomic E-state index is 0.227. The summed E-state index contributed by atoms with van der Waals surface area (Å²) in [4.78, 5) is 12.0. The Morgan fingerprint density at radius 3 is 2.87 bits per heavy atom. The largest absolute Gasteiger partial charge is 0.493 e. The zero-order valence-corrected chi connectivity index (χ0v) is 14.2. The number of carbonyl (C=O) groups excluding carboxylic acids is 1. The standard InChI is InChI=1S/C17H21N3O2S/c1-3-7-16-19-20-17(23-16)18-15(21)11-10-13-8-5-6-9-14(13)22-12-4-2/h5-6,8-11H,3-4,7,12H2,1-2H3,(H,18,20,21)/b11-10+. The molecule has 2 aromatic rings. The van der Waals surface area contributed by atoms with E-state index >= 15 is 0 Å². The van der Waals surface area contributed by atoms with Gasteiger partial charge in [-0.25, -0.2) is 0 Å². The van der Waals surface area contributed by atoms with Crippen molar-refractivity contribution in [3.05, 3.63) is 40.9 Å². The van der Waals surface area contributed by atoms with Gasteiger partial charge in [-0.05, 0) is 25.0 Å². The molecule has 0 aliphatic rings. The summed E-state index contributed by atoms with van der Waals surface area (Å²) in [6.07, 6.45) is 6.06. The van der Waals surface area contributed by atoms with Crippen molar-refractivity contribution in [3.63, 3.8) is 0 Å². The molecule has 1 aromatic heterocycles. The van der Waals surface area contributed by atoms with Gasteiger partial charge >= 0.3 is 0 Å². The molecule has 23 heavy (non-hydrogen) atoms. The molecule has 122 valence electrons. The molecule has 2 rings (SSSR count). The average molecular weight is 331 g/mol. The number of para-hydroxylation sites is 1. The van der Waals surface area contributed by atoms with Crippen molar-refractivity contribution in [3.8, 4) is 5.75 Å². The summed E-state index contributed by atoms with van der Waals surface area (Å²) in [5.74, 6) is 0.550. The number of aryl methyl sites for hydroxylation is 1. The number of nitrogens with zero attached hydrogens (tertiary/aromatic N) is 2. The number of rotatable bonds is 8. The van der Waals surface area contributed by atoms with Crippen molar-refractivity contribution in [2.75, 3.05) is 11.9 Å². The zero-order valence-electron chi connectivity index (χ0n) is 13.4. The number of hydrogen-bond donors (Lipinski definition) is 1. The number of anilines is 1. The van der Waals surface area contributed by atoms with Gasteiger partial charge < -0.3 is 4.74 Å². The maximum absolute atomic E-state index is 12.0. The second-order valence-electron chi connectivity index (χ2n) is 4.96. The summed E-state index contributed by atoms with van der Waals surface area (Å²) in [7, 11) is 0. The lowest BCUT2D eigenvalue weighted by Gasteiger charge is -2.07. The average Bonchev–Trinajstić information content (AvgIpc) is 2.99. The van der Waals surface area contributed by atoms with E-state index in [0.29, 0.717) is 11.7 Å². The van der Waals surface area contributed by atoms with E-state index < -0.39 is 0 Å². The minimum atomic E-state index is -0.227. The Labute approximate surface area is 140 Å². The van der Waals surface area contributed by atoms with Crippen LogP contribution in [-0.2, 0) is 11.2 Å². The maximum Gasteiger partial charge on any atom is 0.250 e. The summed E-state index contributed by atoms with van der Waals surface area (Å²) in [5.41, 5.74) is 0.875. The van der Waals surface area contributed by atoms with Crippen LogP contribution >= 0.6 is 11.3 Å². The highest BCUT2D eigenvalue weighted by atomic mass is 32.1. The monoisotopic (exact) mass is 331 g/mol. The molecule has 0 fully saturated rings. The van der Waals surface area contributed by atoms with E-state index in [2.05, 4.69) is 29.4 Å². The molecule has 0 aliphatic heterocycles. The Morgan fingerprint density at radius 1 is 1.26 bits per heavy atom. The Bertz CT molecular complexity index is 667. The van der Waals surface area contributed by atoms with Crippen molar-refractivity contribution >= 4 is 28.5 Å². The third kappa shape index (κ3) is 5.49. The summed E-state index contributed by atoms with van der Waals surface area (Å²) < 4.78 is 5.66. The molecule has 0 spiro atoms. The summed E-state index contributed by atoms with van der Waals surface area (Å²) in [5, 5.41) is 12.2. The Balaban J connectivity index is 1.97. The van der Waals surface area contributed by atoms with E-state index in [1.54, 1.807) is 6.08 Å². The van der Waals surface area contributed by atoms with Crippen molar-refractivity contribution < 1.29 is 9.53 Å². The molecule has 0 atom stereocenters. The maximum atomic E-state index is 12.0. The molecule has 1 aromatic carbocycles. The number of benzene rings is 1. The quantitative estimate of drug-likeness (QED) is 0.744. The van der Waals surface area contributed by atoms with Crippen LogP contribution in [0.3, 0.4) is 0 Å². The van der Waals surface area contributed by atoms with Gasteiger partial charge in [-0.1, -0.05) is 43.4 Å². The molecule has 1 heterocycles. The normalized spacial score (nSPS) is 10.9. The fourth-order valence-electron chi connectivity index (χ4n) is 1.89. The number of carbonyl (C=O) groups is 1. The predicted molar refractivity (Wildman–Crippen MR) is 93.8 cm³/mol. The van der Waals surface area contributed by atoms with Crippen LogP contribution in [0.1, 0.15) is 37.3 Å². The van der Waals surface area contributed by atoms with Gasteiger partial charge in [-0.2, -0.15) is 0 Å². The van der Waals surface area contributed by atoms with Crippen LogP contribution in [0.4, 0.5) is 5.13 Å². The molecule has 1 N–H and O–H groups in total. The molecule has 5 nitrogen and oxygen atoms in total. The zero-order chi connectivity index (χ0) is 16.5. The number of ether oxygens (including phenoxy) is 1. The van der Waals surface area contributed by atoms with Crippen molar-refractivity contribution in [1.82, 2.24) is 10.2 Å². The van der Waals surface area contributed by atoms with Crippen LogP contribution in [-0.4, -0.2) is 22.7 Å². The van der Waals surface area contributed by atoms with E-state index in [4.69, 9.17) is 4.74 Å². The van der Waals surface area contributed by atoms with Gasteiger partial charge in [0.1, 0.15) is 10.8 Å². The predicted octanol–water partition coefficient (Wildman–Crippen LogP) is 3.93. The van der Waals surface area contributed by atoms with Gasteiger partial charge in [0, 0.05) is 18.1 Å². The topological polar surface area (TPSA) is 64.1 Å². The summed E-state index contributed by atoms with van der Waals surface area (Å²) in [6.45, 7) is 4.79. The van der Waals surface area contributed by atoms with Crippen molar-refractivity contribution in [2.45, 2.75) is 33.1 Å². The van der Waals surface area contributed by atoms with Crippen LogP contribution in [0.15, 0.2) is 30.3 Å². The van der Waals surface area contributed by atoms with Crippen LogP contribution in [0.25, 0.3) is 6.08 Å². The Hall–Kier alpha value is -2.21. The Kier molecular flexibility index (Phi) is 6.75. The molecular formula is C17H21N3O2S.